The van der Waals surface area contributed by atoms with Crippen LogP contribution in [0.4, 0.5) is 0 Å². The van der Waals surface area contributed by atoms with E-state index in [0.717, 1.165) is 44.2 Å². The van der Waals surface area contributed by atoms with Crippen LogP contribution in [0, 0.1) is 17.8 Å². The van der Waals surface area contributed by atoms with Gasteiger partial charge in [0.05, 0.1) is 6.33 Å². The molecule has 1 spiro atoms. The zero-order valence-electron chi connectivity index (χ0n) is 12.4. The second-order valence-corrected chi connectivity index (χ2v) is 7.25. The van der Waals surface area contributed by atoms with Crippen molar-refractivity contribution in [2.24, 2.45) is 23.5 Å². The molecule has 4 atom stereocenters. The Morgan fingerprint density at radius 3 is 3.24 bits per heavy atom. The second kappa shape index (κ2) is 4.83. The summed E-state index contributed by atoms with van der Waals surface area (Å²) in [5.41, 5.74) is 7.12. The van der Waals surface area contributed by atoms with E-state index >= 15 is 0 Å². The van der Waals surface area contributed by atoms with E-state index < -0.39 is 0 Å². The van der Waals surface area contributed by atoms with Crippen LogP contribution in [0.1, 0.15) is 37.8 Å². The van der Waals surface area contributed by atoms with Crippen molar-refractivity contribution in [3.63, 3.8) is 0 Å². The van der Waals surface area contributed by atoms with Crippen LogP contribution in [0.5, 0.6) is 0 Å². The van der Waals surface area contributed by atoms with Crippen molar-refractivity contribution < 1.29 is 4.79 Å². The first-order valence-corrected chi connectivity index (χ1v) is 8.20. The van der Waals surface area contributed by atoms with Gasteiger partial charge in [0, 0.05) is 29.9 Å². The third-order valence-corrected chi connectivity index (χ3v) is 5.91. The lowest BCUT2D eigenvalue weighted by atomic mass is 9.85. The van der Waals surface area contributed by atoms with Crippen LogP contribution >= 0.6 is 0 Å². The molecule has 0 radical (unpaired) electrons. The molecule has 1 aromatic heterocycles. The molecule has 3 unspecified atom stereocenters. The second-order valence-electron chi connectivity index (χ2n) is 7.25. The van der Waals surface area contributed by atoms with E-state index in [1.165, 1.54) is 25.0 Å². The molecule has 5 nitrogen and oxygen atoms in total. The SMILES string of the molecule is NC(=O)C1CCNC2(C1)CC2C[C@@H]1CCn2cncc2C1. The molecule has 2 fully saturated rings. The number of nitrogens with zero attached hydrogens (tertiary/aromatic N) is 2. The molecule has 3 N–H and O–H groups in total. The van der Waals surface area contributed by atoms with Gasteiger partial charge in [-0.25, -0.2) is 4.98 Å². The molecule has 114 valence electrons. The highest BCUT2D eigenvalue weighted by molar-refractivity contribution is 5.77. The smallest absolute Gasteiger partial charge is 0.220 e. The topological polar surface area (TPSA) is 72.9 Å². The number of fused-ring (bicyclic) bond motifs is 1. The lowest BCUT2D eigenvalue weighted by molar-refractivity contribution is -0.123. The summed E-state index contributed by atoms with van der Waals surface area (Å²) in [5.74, 6) is 1.49. The summed E-state index contributed by atoms with van der Waals surface area (Å²) < 4.78 is 2.28. The predicted molar refractivity (Wildman–Crippen MR) is 79.4 cm³/mol. The number of piperidine rings is 1. The van der Waals surface area contributed by atoms with E-state index in [-0.39, 0.29) is 17.4 Å². The van der Waals surface area contributed by atoms with E-state index in [1.807, 2.05) is 12.5 Å². The number of carbonyl (C=O) groups excluding carboxylic acids is 1. The first-order chi connectivity index (χ1) is 10.2. The molecule has 21 heavy (non-hydrogen) atoms. The standard InChI is InChI=1S/C16H24N4O/c17-15(21)12-1-3-19-16(7-12)8-13(16)5-11-2-4-20-10-18-9-14(20)6-11/h9-13,19H,1-8H2,(H2,17,21)/t11-,12?,13?,16?/m0/s1. The Bertz CT molecular complexity index is 554. The molecule has 3 aliphatic rings. The Morgan fingerprint density at radius 2 is 2.38 bits per heavy atom. The molecule has 1 aromatic rings. The Balaban J connectivity index is 1.36. The van der Waals surface area contributed by atoms with Gasteiger partial charge >= 0.3 is 0 Å². The molecule has 0 bridgehead atoms. The van der Waals surface area contributed by atoms with Crippen molar-refractivity contribution in [3.05, 3.63) is 18.2 Å². The van der Waals surface area contributed by atoms with Crippen molar-refractivity contribution in [2.45, 2.75) is 50.6 Å². The van der Waals surface area contributed by atoms with Crippen LogP contribution in [0.15, 0.2) is 12.5 Å². The minimum atomic E-state index is -0.108. The van der Waals surface area contributed by atoms with Crippen LogP contribution < -0.4 is 11.1 Å². The Labute approximate surface area is 125 Å². The van der Waals surface area contributed by atoms with Crippen molar-refractivity contribution in [1.29, 1.82) is 0 Å². The number of carbonyl (C=O) groups is 1. The van der Waals surface area contributed by atoms with Gasteiger partial charge in [0.2, 0.25) is 5.91 Å². The summed E-state index contributed by atoms with van der Waals surface area (Å²) in [6.45, 7) is 2.05. The molecule has 0 aromatic carbocycles. The van der Waals surface area contributed by atoms with Gasteiger partial charge in [-0.05, 0) is 56.9 Å². The van der Waals surface area contributed by atoms with Crippen LogP contribution in [-0.4, -0.2) is 27.5 Å². The van der Waals surface area contributed by atoms with Gasteiger partial charge < -0.3 is 15.6 Å². The normalized spacial score (nSPS) is 38.2. The van der Waals surface area contributed by atoms with Gasteiger partial charge in [0.15, 0.2) is 0 Å². The Hall–Kier alpha value is -1.36. The number of hydrogen-bond donors (Lipinski definition) is 2. The van der Waals surface area contributed by atoms with E-state index in [9.17, 15) is 4.79 Å². The molecular weight excluding hydrogens is 264 g/mol. The van der Waals surface area contributed by atoms with Crippen LogP contribution in [0.2, 0.25) is 0 Å². The highest BCUT2D eigenvalue weighted by atomic mass is 16.1. The predicted octanol–water partition coefficient (Wildman–Crippen LogP) is 1.08. The molecule has 1 saturated heterocycles. The monoisotopic (exact) mass is 288 g/mol. The van der Waals surface area contributed by atoms with E-state index in [0.29, 0.717) is 0 Å². The molecule has 1 amide bonds. The number of nitrogens with one attached hydrogen (secondary N) is 1. The number of nitrogens with two attached hydrogens (primary N) is 1. The summed E-state index contributed by atoms with van der Waals surface area (Å²) in [5, 5.41) is 3.68. The number of rotatable bonds is 3. The number of aromatic nitrogens is 2. The summed E-state index contributed by atoms with van der Waals surface area (Å²) in [4.78, 5) is 15.7. The number of primary amides is 1. The highest BCUT2D eigenvalue weighted by Crippen LogP contribution is 2.53. The van der Waals surface area contributed by atoms with Crippen LogP contribution in [-0.2, 0) is 17.8 Å². The highest BCUT2D eigenvalue weighted by Gasteiger charge is 2.56. The number of imidazole rings is 1. The van der Waals surface area contributed by atoms with E-state index in [4.69, 9.17) is 5.73 Å². The average Bonchev–Trinajstić information content (AvgIpc) is 2.92. The van der Waals surface area contributed by atoms with Gasteiger partial charge in [-0.3, -0.25) is 4.79 Å². The van der Waals surface area contributed by atoms with Gasteiger partial charge in [0.25, 0.3) is 0 Å². The summed E-state index contributed by atoms with van der Waals surface area (Å²) in [6.07, 6.45) is 10.8. The third-order valence-electron chi connectivity index (χ3n) is 5.91. The minimum Gasteiger partial charge on any atom is -0.369 e. The zero-order chi connectivity index (χ0) is 14.4. The summed E-state index contributed by atoms with van der Waals surface area (Å²) >= 11 is 0. The van der Waals surface area contributed by atoms with Crippen LogP contribution in [0.25, 0.3) is 0 Å². The lowest BCUT2D eigenvalue weighted by Gasteiger charge is -2.31. The molecule has 2 aliphatic heterocycles. The maximum absolute atomic E-state index is 11.5. The fraction of sp³-hybridized carbons (Fsp3) is 0.750. The van der Waals surface area contributed by atoms with E-state index in [1.54, 1.807) is 0 Å². The Morgan fingerprint density at radius 1 is 1.48 bits per heavy atom. The Kier molecular flexibility index (Phi) is 3.06. The molecule has 1 saturated carbocycles. The van der Waals surface area contributed by atoms with Crippen LogP contribution in [0.3, 0.4) is 0 Å². The number of aryl methyl sites for hydroxylation is 1. The lowest BCUT2D eigenvalue weighted by Crippen LogP contribution is -2.45. The van der Waals surface area contributed by atoms with Gasteiger partial charge in [0.1, 0.15) is 0 Å². The molecule has 3 heterocycles. The molecule has 4 rings (SSSR count). The number of amides is 1. The molecule has 5 heteroatoms. The third kappa shape index (κ3) is 2.37. The fourth-order valence-electron chi connectivity index (χ4n) is 4.55. The van der Waals surface area contributed by atoms with Crippen molar-refractivity contribution in [3.8, 4) is 0 Å². The fourth-order valence-corrected chi connectivity index (χ4v) is 4.55. The maximum Gasteiger partial charge on any atom is 0.220 e. The molecular formula is C16H24N4O. The zero-order valence-corrected chi connectivity index (χ0v) is 12.4. The van der Waals surface area contributed by atoms with Gasteiger partial charge in [-0.2, -0.15) is 0 Å². The van der Waals surface area contributed by atoms with Crippen molar-refractivity contribution >= 4 is 5.91 Å². The number of hydrogen-bond acceptors (Lipinski definition) is 3. The minimum absolute atomic E-state index is 0.0871. The first-order valence-electron chi connectivity index (χ1n) is 8.20. The summed E-state index contributed by atoms with van der Waals surface area (Å²) in [7, 11) is 0. The van der Waals surface area contributed by atoms with Gasteiger partial charge in [-0.15, -0.1) is 0 Å². The van der Waals surface area contributed by atoms with Crippen molar-refractivity contribution in [1.82, 2.24) is 14.9 Å². The maximum atomic E-state index is 11.5. The molecule has 1 aliphatic carbocycles. The first kappa shape index (κ1) is 13.3. The van der Waals surface area contributed by atoms with Gasteiger partial charge in [-0.1, -0.05) is 0 Å². The summed E-state index contributed by atoms with van der Waals surface area (Å²) in [6, 6.07) is 0. The van der Waals surface area contributed by atoms with Crippen molar-refractivity contribution in [2.75, 3.05) is 6.54 Å². The quantitative estimate of drug-likeness (QED) is 0.874. The van der Waals surface area contributed by atoms with E-state index in [2.05, 4.69) is 14.9 Å². The largest absolute Gasteiger partial charge is 0.369 e. The average molecular weight is 288 g/mol.